The molecule has 0 saturated carbocycles. The number of hydrogen-bond donors (Lipinski definition) is 0. The lowest BCUT2D eigenvalue weighted by Gasteiger charge is -2.28. The van der Waals surface area contributed by atoms with Gasteiger partial charge in [0, 0.05) is 17.7 Å². The van der Waals surface area contributed by atoms with E-state index in [9.17, 15) is 9.18 Å². The van der Waals surface area contributed by atoms with Gasteiger partial charge in [-0.2, -0.15) is 0 Å². The number of hydrogen-bond acceptors (Lipinski definition) is 4. The zero-order chi connectivity index (χ0) is 18.8. The Hall–Kier alpha value is -2.14. The van der Waals surface area contributed by atoms with E-state index in [1.54, 1.807) is 23.9 Å². The molecule has 0 bridgehead atoms. The number of ether oxygens (including phenoxy) is 1. The number of aliphatic imine (C=N–C) groups is 1. The van der Waals surface area contributed by atoms with Crippen molar-refractivity contribution < 1.29 is 13.9 Å². The molecule has 0 amide bonds. The molecule has 2 aromatic carbocycles. The number of carbonyl (C=O) groups is 1. The van der Waals surface area contributed by atoms with Crippen LogP contribution in [0.1, 0.15) is 31.9 Å². The standard InChI is InChI=1S/C21H22FNO2S/c1-20(2,3)25-19(24)21(13-15-9-11-17(22)12-10-15)14-26-18(23-21)16-7-5-4-6-8-16/h4-12H,13-14H2,1-3H3/t21-/m0/s1. The fourth-order valence-electron chi connectivity index (χ4n) is 2.76. The zero-order valence-electron chi connectivity index (χ0n) is 15.2. The van der Waals surface area contributed by atoms with Gasteiger partial charge in [-0.1, -0.05) is 42.5 Å². The lowest BCUT2D eigenvalue weighted by atomic mass is 9.92. The molecule has 3 nitrogen and oxygen atoms in total. The van der Waals surface area contributed by atoms with Crippen molar-refractivity contribution in [2.24, 2.45) is 4.99 Å². The highest BCUT2D eigenvalue weighted by Gasteiger charge is 2.46. The van der Waals surface area contributed by atoms with Crippen LogP contribution in [0.25, 0.3) is 0 Å². The predicted octanol–water partition coefficient (Wildman–Crippen LogP) is 4.64. The summed E-state index contributed by atoms with van der Waals surface area (Å²) < 4.78 is 18.9. The van der Waals surface area contributed by atoms with Crippen molar-refractivity contribution in [2.75, 3.05) is 5.75 Å². The summed E-state index contributed by atoms with van der Waals surface area (Å²) in [7, 11) is 0. The monoisotopic (exact) mass is 371 g/mol. The molecule has 26 heavy (non-hydrogen) atoms. The predicted molar refractivity (Wildman–Crippen MR) is 104 cm³/mol. The van der Waals surface area contributed by atoms with E-state index >= 15 is 0 Å². The molecule has 3 rings (SSSR count). The molecule has 1 heterocycles. The first-order valence-electron chi connectivity index (χ1n) is 8.53. The number of thioether (sulfide) groups is 1. The molecule has 0 fully saturated rings. The summed E-state index contributed by atoms with van der Waals surface area (Å²) >= 11 is 1.55. The van der Waals surface area contributed by atoms with Crippen molar-refractivity contribution in [3.8, 4) is 0 Å². The maximum absolute atomic E-state index is 13.2. The molecule has 1 atom stereocenters. The van der Waals surface area contributed by atoms with Crippen molar-refractivity contribution >= 4 is 22.8 Å². The summed E-state index contributed by atoms with van der Waals surface area (Å²) in [5.74, 6) is -0.133. The third kappa shape index (κ3) is 4.33. The molecule has 0 N–H and O–H groups in total. The van der Waals surface area contributed by atoms with Gasteiger partial charge in [-0.25, -0.2) is 9.18 Å². The normalized spacial score (nSPS) is 19.9. The molecular weight excluding hydrogens is 349 g/mol. The van der Waals surface area contributed by atoms with Gasteiger partial charge in [0.25, 0.3) is 0 Å². The van der Waals surface area contributed by atoms with Gasteiger partial charge in [0.05, 0.1) is 5.04 Å². The van der Waals surface area contributed by atoms with Crippen LogP contribution in [0.3, 0.4) is 0 Å². The van der Waals surface area contributed by atoms with E-state index in [2.05, 4.69) is 0 Å². The average Bonchev–Trinajstić information content (AvgIpc) is 3.02. The lowest BCUT2D eigenvalue weighted by Crippen LogP contribution is -2.44. The molecule has 1 aliphatic rings. The second-order valence-corrected chi connectivity index (χ2v) is 8.37. The Morgan fingerprint density at radius 1 is 1.15 bits per heavy atom. The van der Waals surface area contributed by atoms with Crippen molar-refractivity contribution in [1.82, 2.24) is 0 Å². The van der Waals surface area contributed by atoms with Crippen LogP contribution in [0, 0.1) is 5.82 Å². The number of halogens is 1. The minimum absolute atomic E-state index is 0.297. The van der Waals surface area contributed by atoms with Crippen LogP contribution in [0.5, 0.6) is 0 Å². The van der Waals surface area contributed by atoms with Crippen LogP contribution in [-0.2, 0) is 16.0 Å². The number of carbonyl (C=O) groups excluding carboxylic acids is 1. The second kappa shape index (κ2) is 7.23. The Bertz CT molecular complexity index is 812. The first-order chi connectivity index (χ1) is 12.3. The van der Waals surface area contributed by atoms with Gasteiger partial charge < -0.3 is 4.74 Å². The Kier molecular flexibility index (Phi) is 5.19. The molecule has 0 spiro atoms. The fourth-order valence-corrected chi connectivity index (χ4v) is 3.96. The van der Waals surface area contributed by atoms with E-state index in [1.807, 2.05) is 51.1 Å². The number of rotatable bonds is 4. The van der Waals surface area contributed by atoms with Gasteiger partial charge in [0.2, 0.25) is 0 Å². The summed E-state index contributed by atoms with van der Waals surface area (Å²) in [6, 6.07) is 16.0. The summed E-state index contributed by atoms with van der Waals surface area (Å²) in [6.45, 7) is 5.54. The van der Waals surface area contributed by atoms with Crippen LogP contribution in [-0.4, -0.2) is 27.9 Å². The Morgan fingerprint density at radius 3 is 2.42 bits per heavy atom. The van der Waals surface area contributed by atoms with Gasteiger partial charge in [-0.15, -0.1) is 11.8 Å². The molecule has 0 unspecified atom stereocenters. The van der Waals surface area contributed by atoms with Gasteiger partial charge in [0.15, 0.2) is 5.54 Å². The minimum atomic E-state index is -0.999. The van der Waals surface area contributed by atoms with Gasteiger partial charge in [-0.3, -0.25) is 4.99 Å². The maximum Gasteiger partial charge on any atom is 0.335 e. The van der Waals surface area contributed by atoms with Crippen LogP contribution >= 0.6 is 11.8 Å². The van der Waals surface area contributed by atoms with Crippen LogP contribution in [0.15, 0.2) is 59.6 Å². The summed E-state index contributed by atoms with van der Waals surface area (Å²) in [6.07, 6.45) is 0.380. The highest BCUT2D eigenvalue weighted by molar-refractivity contribution is 8.14. The van der Waals surface area contributed by atoms with E-state index in [0.29, 0.717) is 12.2 Å². The van der Waals surface area contributed by atoms with Crippen LogP contribution < -0.4 is 0 Å². The summed E-state index contributed by atoms with van der Waals surface area (Å²) in [5.41, 5.74) is 0.252. The van der Waals surface area contributed by atoms with Crippen molar-refractivity contribution in [3.05, 3.63) is 71.5 Å². The molecule has 136 valence electrons. The Labute approximate surface area is 157 Å². The SMILES string of the molecule is CC(C)(C)OC(=O)[C@]1(Cc2ccc(F)cc2)CSC(c2ccccc2)=N1. The molecule has 0 aromatic heterocycles. The maximum atomic E-state index is 13.2. The highest BCUT2D eigenvalue weighted by atomic mass is 32.2. The Morgan fingerprint density at radius 2 is 1.81 bits per heavy atom. The molecule has 0 aliphatic carbocycles. The molecular formula is C21H22FNO2S. The van der Waals surface area contributed by atoms with E-state index in [4.69, 9.17) is 9.73 Å². The fraction of sp³-hybridized carbons (Fsp3) is 0.333. The lowest BCUT2D eigenvalue weighted by molar-refractivity contribution is -0.160. The first kappa shape index (κ1) is 18.6. The average molecular weight is 371 g/mol. The minimum Gasteiger partial charge on any atom is -0.458 e. The zero-order valence-corrected chi connectivity index (χ0v) is 16.0. The molecule has 5 heteroatoms. The van der Waals surface area contributed by atoms with E-state index < -0.39 is 11.1 Å². The second-order valence-electron chi connectivity index (χ2n) is 7.41. The summed E-state index contributed by atoms with van der Waals surface area (Å²) in [4.78, 5) is 17.8. The quantitative estimate of drug-likeness (QED) is 0.735. The number of esters is 1. The van der Waals surface area contributed by atoms with E-state index in [0.717, 1.165) is 16.2 Å². The molecule has 1 aliphatic heterocycles. The van der Waals surface area contributed by atoms with Gasteiger partial charge >= 0.3 is 5.97 Å². The van der Waals surface area contributed by atoms with E-state index in [-0.39, 0.29) is 11.8 Å². The number of benzene rings is 2. The third-order valence-corrected chi connectivity index (χ3v) is 5.19. The Balaban J connectivity index is 1.96. The molecule has 0 saturated heterocycles. The van der Waals surface area contributed by atoms with Crippen molar-refractivity contribution in [3.63, 3.8) is 0 Å². The smallest absolute Gasteiger partial charge is 0.335 e. The third-order valence-electron chi connectivity index (χ3n) is 3.97. The molecule has 2 aromatic rings. The van der Waals surface area contributed by atoms with E-state index in [1.165, 1.54) is 12.1 Å². The van der Waals surface area contributed by atoms with Crippen LogP contribution in [0.2, 0.25) is 0 Å². The van der Waals surface area contributed by atoms with Crippen molar-refractivity contribution in [1.29, 1.82) is 0 Å². The van der Waals surface area contributed by atoms with Crippen LogP contribution in [0.4, 0.5) is 4.39 Å². The van der Waals surface area contributed by atoms with Gasteiger partial charge in [0.1, 0.15) is 11.4 Å². The number of nitrogens with zero attached hydrogens (tertiary/aromatic N) is 1. The highest BCUT2D eigenvalue weighted by Crippen LogP contribution is 2.36. The molecule has 0 radical (unpaired) electrons. The summed E-state index contributed by atoms with van der Waals surface area (Å²) in [5, 5.41) is 0.832. The van der Waals surface area contributed by atoms with Gasteiger partial charge in [-0.05, 0) is 38.5 Å². The largest absolute Gasteiger partial charge is 0.458 e. The first-order valence-corrected chi connectivity index (χ1v) is 9.52. The topological polar surface area (TPSA) is 38.7 Å². The van der Waals surface area contributed by atoms with Crippen molar-refractivity contribution in [2.45, 2.75) is 38.3 Å².